The lowest BCUT2D eigenvalue weighted by molar-refractivity contribution is -0.114. The second-order valence-electron chi connectivity index (χ2n) is 7.23. The summed E-state index contributed by atoms with van der Waals surface area (Å²) in [6.07, 6.45) is 0. The number of benzene rings is 3. The summed E-state index contributed by atoms with van der Waals surface area (Å²) in [5.41, 5.74) is 4.03. The molecule has 0 saturated carbocycles. The number of carbonyl (C=O) groups excluding carboxylic acids is 1. The maximum atomic E-state index is 13.4. The molecule has 3 aromatic rings. The summed E-state index contributed by atoms with van der Waals surface area (Å²) in [6.45, 7) is 5.43. The Kier molecular flexibility index (Phi) is 6.63. The Morgan fingerprint density at radius 1 is 0.900 bits per heavy atom. The van der Waals surface area contributed by atoms with Gasteiger partial charge in [0.2, 0.25) is 5.91 Å². The van der Waals surface area contributed by atoms with Crippen LogP contribution in [0.15, 0.2) is 76.1 Å². The maximum absolute atomic E-state index is 13.4. The van der Waals surface area contributed by atoms with E-state index >= 15 is 0 Å². The van der Waals surface area contributed by atoms with E-state index in [1.807, 2.05) is 39.0 Å². The number of nitrogens with one attached hydrogen (secondary N) is 1. The van der Waals surface area contributed by atoms with E-state index in [1.54, 1.807) is 48.5 Å². The highest BCUT2D eigenvalue weighted by atomic mass is 79.9. The third-order valence-corrected chi connectivity index (χ3v) is 6.78. The number of nitrogens with zero attached hydrogens (tertiary/aromatic N) is 1. The molecule has 0 spiro atoms. The molecule has 0 heterocycles. The summed E-state index contributed by atoms with van der Waals surface area (Å²) in [7, 11) is -3.94. The molecule has 0 atom stereocenters. The fourth-order valence-electron chi connectivity index (χ4n) is 3.16. The maximum Gasteiger partial charge on any atom is 0.264 e. The summed E-state index contributed by atoms with van der Waals surface area (Å²) < 4.78 is 28.6. The van der Waals surface area contributed by atoms with Gasteiger partial charge in [0.15, 0.2) is 0 Å². The van der Waals surface area contributed by atoms with Crippen LogP contribution in [0.2, 0.25) is 0 Å². The van der Waals surface area contributed by atoms with Gasteiger partial charge in [-0.2, -0.15) is 0 Å². The Labute approximate surface area is 185 Å². The fraction of sp³-hybridized carbons (Fsp3) is 0.174. The highest BCUT2D eigenvalue weighted by Gasteiger charge is 2.27. The van der Waals surface area contributed by atoms with Crippen LogP contribution in [-0.4, -0.2) is 20.9 Å². The summed E-state index contributed by atoms with van der Waals surface area (Å²) in [4.78, 5) is 12.9. The molecular formula is C23H23BrN2O3S. The van der Waals surface area contributed by atoms with Crippen molar-refractivity contribution >= 4 is 43.2 Å². The average Bonchev–Trinajstić information content (AvgIpc) is 2.65. The third-order valence-electron chi connectivity index (χ3n) is 4.50. The number of hydrogen-bond donors (Lipinski definition) is 1. The van der Waals surface area contributed by atoms with Crippen LogP contribution >= 0.6 is 15.9 Å². The van der Waals surface area contributed by atoms with Gasteiger partial charge in [-0.15, -0.1) is 0 Å². The lowest BCUT2D eigenvalue weighted by Gasteiger charge is -2.24. The van der Waals surface area contributed by atoms with Crippen LogP contribution in [0.1, 0.15) is 16.7 Å². The van der Waals surface area contributed by atoms with Crippen LogP contribution in [0.5, 0.6) is 0 Å². The van der Waals surface area contributed by atoms with E-state index in [1.165, 1.54) is 0 Å². The minimum Gasteiger partial charge on any atom is -0.324 e. The fourth-order valence-corrected chi connectivity index (χ4v) is 4.96. The van der Waals surface area contributed by atoms with Gasteiger partial charge in [0.1, 0.15) is 6.54 Å². The van der Waals surface area contributed by atoms with Crippen molar-refractivity contribution in [2.24, 2.45) is 0 Å². The molecule has 0 bridgehead atoms. The molecule has 1 N–H and O–H groups in total. The van der Waals surface area contributed by atoms with Gasteiger partial charge in [-0.3, -0.25) is 9.10 Å². The van der Waals surface area contributed by atoms with Gasteiger partial charge in [0, 0.05) is 10.2 Å². The molecule has 0 aliphatic carbocycles. The van der Waals surface area contributed by atoms with Gasteiger partial charge >= 0.3 is 0 Å². The lowest BCUT2D eigenvalue weighted by Crippen LogP contribution is -2.38. The zero-order valence-electron chi connectivity index (χ0n) is 17.0. The molecule has 3 rings (SSSR count). The molecule has 0 saturated heterocycles. The van der Waals surface area contributed by atoms with Crippen molar-refractivity contribution in [3.05, 3.63) is 87.9 Å². The van der Waals surface area contributed by atoms with Crippen LogP contribution in [0, 0.1) is 20.8 Å². The highest BCUT2D eigenvalue weighted by molar-refractivity contribution is 9.10. The molecule has 0 unspecified atom stereocenters. The van der Waals surface area contributed by atoms with Crippen LogP contribution in [0.3, 0.4) is 0 Å². The zero-order valence-corrected chi connectivity index (χ0v) is 19.4. The SMILES string of the molecule is Cc1ccc(S(=O)(=O)N(CC(=O)Nc2cc(C)cc(C)c2)c2cccc(Br)c2)cc1. The Morgan fingerprint density at radius 2 is 1.53 bits per heavy atom. The molecule has 0 radical (unpaired) electrons. The first-order chi connectivity index (χ1) is 14.1. The van der Waals surface area contributed by atoms with Gasteiger partial charge in [0.05, 0.1) is 10.6 Å². The summed E-state index contributed by atoms with van der Waals surface area (Å²) in [5, 5.41) is 2.81. The summed E-state index contributed by atoms with van der Waals surface area (Å²) in [5.74, 6) is -0.421. The van der Waals surface area contributed by atoms with Gasteiger partial charge < -0.3 is 5.32 Å². The van der Waals surface area contributed by atoms with E-state index in [2.05, 4.69) is 21.2 Å². The van der Waals surface area contributed by atoms with Gasteiger partial charge in [0.25, 0.3) is 10.0 Å². The zero-order chi connectivity index (χ0) is 21.9. The Morgan fingerprint density at radius 3 is 2.13 bits per heavy atom. The first-order valence-corrected chi connectivity index (χ1v) is 11.6. The molecule has 0 aromatic heterocycles. The van der Waals surface area contributed by atoms with Crippen molar-refractivity contribution in [1.29, 1.82) is 0 Å². The monoisotopic (exact) mass is 486 g/mol. The number of halogens is 1. The molecule has 156 valence electrons. The molecule has 7 heteroatoms. The number of amides is 1. The quantitative estimate of drug-likeness (QED) is 0.519. The van der Waals surface area contributed by atoms with E-state index in [0.29, 0.717) is 11.4 Å². The van der Waals surface area contributed by atoms with Crippen molar-refractivity contribution in [2.75, 3.05) is 16.2 Å². The minimum atomic E-state index is -3.94. The van der Waals surface area contributed by atoms with Crippen LogP contribution in [-0.2, 0) is 14.8 Å². The van der Waals surface area contributed by atoms with Crippen molar-refractivity contribution in [2.45, 2.75) is 25.7 Å². The summed E-state index contributed by atoms with van der Waals surface area (Å²) >= 11 is 3.38. The topological polar surface area (TPSA) is 66.5 Å². The van der Waals surface area contributed by atoms with Crippen molar-refractivity contribution in [3.63, 3.8) is 0 Å². The van der Waals surface area contributed by atoms with Crippen molar-refractivity contribution in [3.8, 4) is 0 Å². The molecule has 3 aromatic carbocycles. The molecule has 0 fully saturated rings. The van der Waals surface area contributed by atoms with Gasteiger partial charge in [-0.1, -0.05) is 45.8 Å². The van der Waals surface area contributed by atoms with Gasteiger partial charge in [-0.05, 0) is 74.4 Å². The number of rotatable bonds is 6. The van der Waals surface area contributed by atoms with Crippen LogP contribution in [0.4, 0.5) is 11.4 Å². The predicted octanol–water partition coefficient (Wildman–Crippen LogP) is 5.21. The van der Waals surface area contributed by atoms with E-state index in [-0.39, 0.29) is 11.4 Å². The first kappa shape index (κ1) is 22.1. The second kappa shape index (κ2) is 9.02. The Balaban J connectivity index is 1.95. The normalized spacial score (nSPS) is 11.2. The highest BCUT2D eigenvalue weighted by Crippen LogP contribution is 2.26. The molecule has 5 nitrogen and oxygen atoms in total. The Bertz CT molecular complexity index is 1160. The minimum absolute atomic E-state index is 0.132. The van der Waals surface area contributed by atoms with E-state index < -0.39 is 15.9 Å². The van der Waals surface area contributed by atoms with E-state index in [0.717, 1.165) is 25.5 Å². The predicted molar refractivity (Wildman–Crippen MR) is 124 cm³/mol. The first-order valence-electron chi connectivity index (χ1n) is 9.38. The number of sulfonamides is 1. The average molecular weight is 487 g/mol. The number of aryl methyl sites for hydroxylation is 3. The van der Waals surface area contributed by atoms with Gasteiger partial charge in [-0.25, -0.2) is 8.42 Å². The molecular weight excluding hydrogens is 464 g/mol. The van der Waals surface area contributed by atoms with Crippen LogP contribution < -0.4 is 9.62 Å². The smallest absolute Gasteiger partial charge is 0.264 e. The molecule has 0 aliphatic rings. The van der Waals surface area contributed by atoms with E-state index in [9.17, 15) is 13.2 Å². The van der Waals surface area contributed by atoms with Crippen LogP contribution in [0.25, 0.3) is 0 Å². The Hall–Kier alpha value is -2.64. The van der Waals surface area contributed by atoms with Crippen molar-refractivity contribution < 1.29 is 13.2 Å². The molecule has 30 heavy (non-hydrogen) atoms. The molecule has 0 aliphatic heterocycles. The standard InChI is InChI=1S/C23H23BrN2O3S/c1-16-7-9-22(10-8-16)30(28,29)26(21-6-4-5-19(24)14-21)15-23(27)25-20-12-17(2)11-18(3)13-20/h4-14H,15H2,1-3H3,(H,25,27). The summed E-state index contributed by atoms with van der Waals surface area (Å²) in [6, 6.07) is 19.2. The molecule has 1 amide bonds. The number of anilines is 2. The van der Waals surface area contributed by atoms with E-state index in [4.69, 9.17) is 0 Å². The second-order valence-corrected chi connectivity index (χ2v) is 10.0. The number of carbonyl (C=O) groups is 1. The lowest BCUT2D eigenvalue weighted by atomic mass is 10.1. The third kappa shape index (κ3) is 5.29. The number of hydrogen-bond acceptors (Lipinski definition) is 3. The largest absolute Gasteiger partial charge is 0.324 e. The van der Waals surface area contributed by atoms with Crippen molar-refractivity contribution in [1.82, 2.24) is 0 Å².